The molecule has 0 aliphatic rings. The fourth-order valence-electron chi connectivity index (χ4n) is 2.54. The maximum absolute atomic E-state index is 13.6. The third kappa shape index (κ3) is 3.00. The first-order chi connectivity index (χ1) is 11.8. The number of esters is 1. The van der Waals surface area contributed by atoms with Crippen molar-refractivity contribution in [3.8, 4) is 5.69 Å². The Bertz CT molecular complexity index is 951. The first-order valence-corrected chi connectivity index (χ1v) is 7.27. The molecule has 0 radical (unpaired) electrons. The summed E-state index contributed by atoms with van der Waals surface area (Å²) in [4.78, 5) is 11.8. The van der Waals surface area contributed by atoms with E-state index in [1.165, 1.54) is 37.5 Å². The number of carbonyl (C=O) groups is 1. The van der Waals surface area contributed by atoms with Gasteiger partial charge in [0.15, 0.2) is 18.1 Å². The molecule has 1 aromatic carbocycles. The summed E-state index contributed by atoms with van der Waals surface area (Å²) in [7, 11) is 0. The van der Waals surface area contributed by atoms with Crippen molar-refractivity contribution >= 4 is 16.7 Å². The van der Waals surface area contributed by atoms with E-state index in [9.17, 15) is 23.2 Å². The molecular weight excluding hydrogens is 339 g/mol. The summed E-state index contributed by atoms with van der Waals surface area (Å²) >= 11 is 0. The Hall–Kier alpha value is -3.10. The van der Waals surface area contributed by atoms with Crippen molar-refractivity contribution in [2.45, 2.75) is 13.1 Å². The highest BCUT2D eigenvalue weighted by molar-refractivity contribution is 5.92. The van der Waals surface area contributed by atoms with E-state index in [4.69, 9.17) is 0 Å². The second-order valence-corrected chi connectivity index (χ2v) is 5.12. The van der Waals surface area contributed by atoms with Crippen molar-refractivity contribution in [1.29, 1.82) is 0 Å². The first-order valence-electron chi connectivity index (χ1n) is 7.27. The van der Waals surface area contributed by atoms with Crippen LogP contribution in [0, 0.1) is 5.21 Å². The van der Waals surface area contributed by atoms with E-state index in [2.05, 4.69) is 9.84 Å². The van der Waals surface area contributed by atoms with Crippen LogP contribution < -0.4 is 4.73 Å². The molecule has 3 aromatic rings. The van der Waals surface area contributed by atoms with Crippen LogP contribution >= 0.6 is 0 Å². The second kappa shape index (κ2) is 6.08. The highest BCUT2D eigenvalue weighted by Crippen LogP contribution is 2.35. The summed E-state index contributed by atoms with van der Waals surface area (Å²) < 4.78 is 46.6. The molecule has 0 bridgehead atoms. The fraction of sp³-hybridized carbons (Fsp3) is 0.188. The fourth-order valence-corrected chi connectivity index (χ4v) is 2.54. The van der Waals surface area contributed by atoms with Crippen molar-refractivity contribution in [3.63, 3.8) is 0 Å². The van der Waals surface area contributed by atoms with Crippen LogP contribution in [0.4, 0.5) is 13.2 Å². The number of benzene rings is 1. The van der Waals surface area contributed by atoms with Crippen LogP contribution in [0.5, 0.6) is 0 Å². The van der Waals surface area contributed by atoms with Crippen LogP contribution in [0.2, 0.25) is 0 Å². The average Bonchev–Trinajstić information content (AvgIpc) is 2.99. The number of alkyl halides is 3. The summed E-state index contributed by atoms with van der Waals surface area (Å²) in [6, 6.07) is 5.91. The van der Waals surface area contributed by atoms with E-state index in [-0.39, 0.29) is 12.3 Å². The molecule has 0 aliphatic carbocycles. The Morgan fingerprint density at radius 3 is 2.80 bits per heavy atom. The summed E-state index contributed by atoms with van der Waals surface area (Å²) in [5.41, 5.74) is -1.79. The number of rotatable bonds is 3. The van der Waals surface area contributed by atoms with E-state index >= 15 is 0 Å². The number of pyridine rings is 1. The van der Waals surface area contributed by atoms with E-state index in [0.29, 0.717) is 20.2 Å². The second-order valence-electron chi connectivity index (χ2n) is 5.12. The molecule has 9 heteroatoms. The van der Waals surface area contributed by atoms with Crippen molar-refractivity contribution in [2.75, 3.05) is 6.61 Å². The molecule has 0 unspecified atom stereocenters. The highest BCUT2D eigenvalue weighted by Gasteiger charge is 2.41. The first kappa shape index (κ1) is 16.7. The summed E-state index contributed by atoms with van der Waals surface area (Å²) in [5.74, 6) is -1.10. The number of carbonyl (C=O) groups excluding carboxylic acids is 1. The van der Waals surface area contributed by atoms with Gasteiger partial charge in [0.25, 0.3) is 0 Å². The molecule has 2 aromatic heterocycles. The smallest absolute Gasteiger partial charge is 0.434 e. The minimum atomic E-state index is -4.83. The van der Waals surface area contributed by atoms with Gasteiger partial charge < -0.3 is 9.94 Å². The lowest BCUT2D eigenvalue weighted by Crippen LogP contribution is -2.24. The van der Waals surface area contributed by atoms with E-state index < -0.39 is 23.4 Å². The molecular formula is C16H12F3N3O3. The Labute approximate surface area is 139 Å². The summed E-state index contributed by atoms with van der Waals surface area (Å²) in [5, 5.41) is 15.9. The Balaban J connectivity index is 2.27. The molecule has 25 heavy (non-hydrogen) atoms. The summed E-state index contributed by atoms with van der Waals surface area (Å²) in [6.45, 7) is 1.44. The van der Waals surface area contributed by atoms with Crippen molar-refractivity contribution < 1.29 is 27.4 Å². The number of hydrogen-bond acceptors (Lipinski definition) is 4. The molecule has 0 atom stereocenters. The lowest BCUT2D eigenvalue weighted by Gasteiger charge is -2.14. The zero-order valence-corrected chi connectivity index (χ0v) is 12.9. The van der Waals surface area contributed by atoms with E-state index in [0.717, 1.165) is 6.20 Å². The standard InChI is InChI=1S/C16H12F3N3O3/c1-2-25-15(23)12-8-20-22(14(12)16(17,18)19)13-5-3-4-10-9-21(24)7-6-11(10)13/h3-9H,2H2,1H3. The number of ether oxygens (including phenoxy) is 1. The number of aromatic nitrogens is 3. The van der Waals surface area contributed by atoms with Gasteiger partial charge in [-0.25, -0.2) is 9.48 Å². The molecule has 0 fully saturated rings. The Morgan fingerprint density at radius 1 is 1.36 bits per heavy atom. The molecule has 130 valence electrons. The molecule has 0 N–H and O–H groups in total. The third-order valence-electron chi connectivity index (χ3n) is 3.53. The lowest BCUT2D eigenvalue weighted by atomic mass is 10.1. The molecule has 0 saturated heterocycles. The number of halogens is 3. The maximum atomic E-state index is 13.6. The lowest BCUT2D eigenvalue weighted by molar-refractivity contribution is -0.603. The highest BCUT2D eigenvalue weighted by atomic mass is 19.4. The number of nitrogens with zero attached hydrogens (tertiary/aromatic N) is 3. The number of hydrogen-bond donors (Lipinski definition) is 0. The van der Waals surface area contributed by atoms with Crippen LogP contribution in [-0.2, 0) is 10.9 Å². The minimum absolute atomic E-state index is 0.0565. The van der Waals surface area contributed by atoms with Gasteiger partial charge in [-0.15, -0.1) is 0 Å². The number of fused-ring (bicyclic) bond motifs is 1. The van der Waals surface area contributed by atoms with Gasteiger partial charge >= 0.3 is 12.1 Å². The molecule has 2 heterocycles. The van der Waals surface area contributed by atoms with Crippen LogP contribution in [0.3, 0.4) is 0 Å². The largest absolute Gasteiger partial charge is 0.619 e. The topological polar surface area (TPSA) is 71.1 Å². The van der Waals surface area contributed by atoms with Crippen LogP contribution in [0.15, 0.2) is 42.9 Å². The van der Waals surface area contributed by atoms with E-state index in [1.54, 1.807) is 6.07 Å². The molecule has 0 spiro atoms. The normalized spacial score (nSPS) is 11.7. The Morgan fingerprint density at radius 2 is 2.12 bits per heavy atom. The monoisotopic (exact) mass is 351 g/mol. The molecule has 3 rings (SSSR count). The van der Waals surface area contributed by atoms with Crippen molar-refractivity contribution in [1.82, 2.24) is 9.78 Å². The predicted molar refractivity (Wildman–Crippen MR) is 81.0 cm³/mol. The zero-order chi connectivity index (χ0) is 18.2. The Kier molecular flexibility index (Phi) is 4.07. The van der Waals surface area contributed by atoms with Crippen LogP contribution in [0.1, 0.15) is 23.0 Å². The van der Waals surface area contributed by atoms with Gasteiger partial charge in [0.2, 0.25) is 0 Å². The maximum Gasteiger partial charge on any atom is 0.434 e. The molecule has 0 saturated carbocycles. The van der Waals surface area contributed by atoms with E-state index in [1.807, 2.05) is 0 Å². The van der Waals surface area contributed by atoms with Crippen molar-refractivity contribution in [2.24, 2.45) is 0 Å². The zero-order valence-electron chi connectivity index (χ0n) is 12.9. The van der Waals surface area contributed by atoms with Gasteiger partial charge in [0, 0.05) is 16.8 Å². The van der Waals surface area contributed by atoms with Gasteiger partial charge in [-0.2, -0.15) is 23.0 Å². The SMILES string of the molecule is CCOC(=O)c1cnn(-c2cccc3c[n+]([O-])ccc23)c1C(F)(F)F. The predicted octanol–water partition coefficient (Wildman–Crippen LogP) is 2.85. The molecule has 0 aliphatic heterocycles. The minimum Gasteiger partial charge on any atom is -0.619 e. The summed E-state index contributed by atoms with van der Waals surface area (Å²) in [6.07, 6.45) is -1.58. The van der Waals surface area contributed by atoms with Gasteiger partial charge in [-0.3, -0.25) is 0 Å². The third-order valence-corrected chi connectivity index (χ3v) is 3.53. The van der Waals surface area contributed by atoms with Crippen molar-refractivity contribution in [3.05, 3.63) is 59.3 Å². The molecule has 0 amide bonds. The van der Waals surface area contributed by atoms with Crippen LogP contribution in [-0.4, -0.2) is 22.4 Å². The molecule has 6 nitrogen and oxygen atoms in total. The van der Waals surface area contributed by atoms with Gasteiger partial charge in [0.1, 0.15) is 5.56 Å². The quantitative estimate of drug-likeness (QED) is 0.413. The van der Waals surface area contributed by atoms with Gasteiger partial charge in [-0.1, -0.05) is 6.07 Å². The average molecular weight is 351 g/mol. The van der Waals surface area contributed by atoms with Gasteiger partial charge in [0.05, 0.1) is 18.5 Å². The van der Waals surface area contributed by atoms with Crippen LogP contribution in [0.25, 0.3) is 16.5 Å². The van der Waals surface area contributed by atoms with Gasteiger partial charge in [-0.05, 0) is 19.1 Å².